The van der Waals surface area contributed by atoms with Crippen LogP contribution in [0.1, 0.15) is 16.2 Å². The van der Waals surface area contributed by atoms with E-state index in [4.69, 9.17) is 5.11 Å². The summed E-state index contributed by atoms with van der Waals surface area (Å²) in [6, 6.07) is 9.43. The molecule has 0 aliphatic carbocycles. The Bertz CT molecular complexity index is 873. The summed E-state index contributed by atoms with van der Waals surface area (Å²) >= 11 is 3.11. The molecule has 0 spiro atoms. The van der Waals surface area contributed by atoms with Crippen molar-refractivity contribution in [2.45, 2.75) is 6.92 Å². The van der Waals surface area contributed by atoms with Gasteiger partial charge in [0.15, 0.2) is 0 Å². The van der Waals surface area contributed by atoms with Gasteiger partial charge in [-0.05, 0) is 59.3 Å². The summed E-state index contributed by atoms with van der Waals surface area (Å²) in [5, 5.41) is 9.10. The van der Waals surface area contributed by atoms with Crippen LogP contribution in [-0.2, 0) is 0 Å². The minimum absolute atomic E-state index is 0.168. The van der Waals surface area contributed by atoms with Gasteiger partial charge in [0.25, 0.3) is 0 Å². The first kappa shape index (κ1) is 13.8. The number of carboxylic acids is 1. The number of rotatable bonds is 2. The first-order chi connectivity index (χ1) is 9.97. The Balaban J connectivity index is 2.29. The fourth-order valence-electron chi connectivity index (χ4n) is 2.28. The summed E-state index contributed by atoms with van der Waals surface area (Å²) < 4.78 is 15.8. The van der Waals surface area contributed by atoms with Crippen LogP contribution >= 0.6 is 15.9 Å². The summed E-state index contributed by atoms with van der Waals surface area (Å²) in [5.41, 5.74) is 2.06. The molecule has 21 heavy (non-hydrogen) atoms. The van der Waals surface area contributed by atoms with Crippen LogP contribution < -0.4 is 0 Å². The van der Waals surface area contributed by atoms with Gasteiger partial charge in [0.05, 0.1) is 26.8 Å². The zero-order valence-electron chi connectivity index (χ0n) is 11.0. The standard InChI is InChI=1S/C15H10BrFN2O2/c1-8-18-13-5-2-9(15(20)21)6-14(13)19(8)10-3-4-11(16)12(17)7-10/h2-7H,1H3,(H,20,21). The number of carboxylic acid groups (broad SMARTS) is 1. The number of fused-ring (bicyclic) bond motifs is 1. The third-order valence-electron chi connectivity index (χ3n) is 3.23. The zero-order chi connectivity index (χ0) is 15.1. The fraction of sp³-hybridized carbons (Fsp3) is 0.0667. The van der Waals surface area contributed by atoms with E-state index in [1.54, 1.807) is 29.7 Å². The summed E-state index contributed by atoms with van der Waals surface area (Å²) in [6.07, 6.45) is 0. The predicted octanol–water partition coefficient (Wildman–Crippen LogP) is 3.93. The Hall–Kier alpha value is -2.21. The Labute approximate surface area is 128 Å². The average molecular weight is 349 g/mol. The lowest BCUT2D eigenvalue weighted by atomic mass is 10.2. The maximum absolute atomic E-state index is 13.7. The van der Waals surface area contributed by atoms with Crippen molar-refractivity contribution in [3.8, 4) is 5.69 Å². The number of aromatic carboxylic acids is 1. The van der Waals surface area contributed by atoms with E-state index >= 15 is 0 Å². The molecule has 0 saturated heterocycles. The number of carbonyl (C=O) groups is 1. The largest absolute Gasteiger partial charge is 0.478 e. The van der Waals surface area contributed by atoms with E-state index in [0.717, 1.165) is 0 Å². The minimum atomic E-state index is -1.01. The van der Waals surface area contributed by atoms with Crippen molar-refractivity contribution in [3.05, 3.63) is 58.1 Å². The molecule has 0 aliphatic rings. The molecule has 2 aromatic carbocycles. The zero-order valence-corrected chi connectivity index (χ0v) is 12.6. The molecule has 1 aromatic heterocycles. The predicted molar refractivity (Wildman–Crippen MR) is 80.4 cm³/mol. The van der Waals surface area contributed by atoms with Gasteiger partial charge in [-0.1, -0.05) is 0 Å². The Morgan fingerprint density at radius 1 is 1.29 bits per heavy atom. The van der Waals surface area contributed by atoms with Gasteiger partial charge in [-0.25, -0.2) is 14.2 Å². The van der Waals surface area contributed by atoms with E-state index in [1.165, 1.54) is 18.2 Å². The molecule has 0 atom stereocenters. The molecule has 1 N–H and O–H groups in total. The van der Waals surface area contributed by atoms with Crippen molar-refractivity contribution in [2.75, 3.05) is 0 Å². The van der Waals surface area contributed by atoms with Crippen LogP contribution in [-0.4, -0.2) is 20.6 Å². The third-order valence-corrected chi connectivity index (χ3v) is 3.87. The molecular weight excluding hydrogens is 339 g/mol. The number of hydrogen-bond donors (Lipinski definition) is 1. The number of hydrogen-bond acceptors (Lipinski definition) is 2. The Morgan fingerprint density at radius 3 is 2.71 bits per heavy atom. The van der Waals surface area contributed by atoms with Crippen LogP contribution in [0.25, 0.3) is 16.7 Å². The molecule has 3 aromatic rings. The van der Waals surface area contributed by atoms with Gasteiger partial charge in [0.1, 0.15) is 11.6 Å². The van der Waals surface area contributed by atoms with E-state index in [9.17, 15) is 9.18 Å². The van der Waals surface area contributed by atoms with Gasteiger partial charge in [-0.2, -0.15) is 0 Å². The first-order valence-electron chi connectivity index (χ1n) is 6.15. The summed E-state index contributed by atoms with van der Waals surface area (Å²) in [4.78, 5) is 15.5. The van der Waals surface area contributed by atoms with Crippen LogP contribution in [0.15, 0.2) is 40.9 Å². The highest BCUT2D eigenvalue weighted by molar-refractivity contribution is 9.10. The third kappa shape index (κ3) is 2.31. The van der Waals surface area contributed by atoms with Gasteiger partial charge in [-0.15, -0.1) is 0 Å². The fourth-order valence-corrected chi connectivity index (χ4v) is 2.53. The SMILES string of the molecule is Cc1nc2ccc(C(=O)O)cc2n1-c1ccc(Br)c(F)c1. The van der Waals surface area contributed by atoms with Crippen molar-refractivity contribution in [1.82, 2.24) is 9.55 Å². The van der Waals surface area contributed by atoms with Crippen molar-refractivity contribution in [2.24, 2.45) is 0 Å². The molecule has 0 radical (unpaired) electrons. The molecule has 0 saturated carbocycles. The smallest absolute Gasteiger partial charge is 0.335 e. The van der Waals surface area contributed by atoms with Gasteiger partial charge in [0, 0.05) is 0 Å². The number of aryl methyl sites for hydroxylation is 1. The van der Waals surface area contributed by atoms with Gasteiger partial charge < -0.3 is 5.11 Å². The lowest BCUT2D eigenvalue weighted by Gasteiger charge is -2.08. The second-order valence-corrected chi connectivity index (χ2v) is 5.46. The van der Waals surface area contributed by atoms with E-state index < -0.39 is 5.97 Å². The van der Waals surface area contributed by atoms with Crippen LogP contribution in [0.4, 0.5) is 4.39 Å². The maximum Gasteiger partial charge on any atom is 0.335 e. The van der Waals surface area contributed by atoms with Crippen LogP contribution in [0.5, 0.6) is 0 Å². The van der Waals surface area contributed by atoms with Crippen molar-refractivity contribution < 1.29 is 14.3 Å². The molecule has 0 aliphatic heterocycles. The van der Waals surface area contributed by atoms with E-state index in [0.29, 0.717) is 27.0 Å². The van der Waals surface area contributed by atoms with Crippen LogP contribution in [0.3, 0.4) is 0 Å². The lowest BCUT2D eigenvalue weighted by molar-refractivity contribution is 0.0697. The molecule has 0 bridgehead atoms. The topological polar surface area (TPSA) is 55.1 Å². The summed E-state index contributed by atoms with van der Waals surface area (Å²) in [5.74, 6) is -0.735. The number of imidazole rings is 1. The molecule has 0 unspecified atom stereocenters. The molecular formula is C15H10BrFN2O2. The van der Waals surface area contributed by atoms with Crippen molar-refractivity contribution >= 4 is 32.9 Å². The highest BCUT2D eigenvalue weighted by atomic mass is 79.9. The average Bonchev–Trinajstić information content (AvgIpc) is 2.77. The van der Waals surface area contributed by atoms with E-state index in [2.05, 4.69) is 20.9 Å². The van der Waals surface area contributed by atoms with Crippen LogP contribution in [0.2, 0.25) is 0 Å². The molecule has 0 fully saturated rings. The van der Waals surface area contributed by atoms with E-state index in [1.807, 2.05) is 0 Å². The van der Waals surface area contributed by atoms with Gasteiger partial charge in [0.2, 0.25) is 0 Å². The monoisotopic (exact) mass is 348 g/mol. The Kier molecular flexibility index (Phi) is 3.25. The van der Waals surface area contributed by atoms with Crippen LogP contribution in [0, 0.1) is 12.7 Å². The lowest BCUT2D eigenvalue weighted by Crippen LogP contribution is -2.00. The van der Waals surface area contributed by atoms with Gasteiger partial charge >= 0.3 is 5.97 Å². The quantitative estimate of drug-likeness (QED) is 0.763. The molecule has 4 nitrogen and oxygen atoms in total. The second-order valence-electron chi connectivity index (χ2n) is 4.60. The number of halogens is 2. The molecule has 1 heterocycles. The molecule has 0 amide bonds. The molecule has 106 valence electrons. The minimum Gasteiger partial charge on any atom is -0.478 e. The Morgan fingerprint density at radius 2 is 2.05 bits per heavy atom. The van der Waals surface area contributed by atoms with Gasteiger partial charge in [-0.3, -0.25) is 4.57 Å². The second kappa shape index (κ2) is 4.96. The number of nitrogens with zero attached hydrogens (tertiary/aromatic N) is 2. The molecule has 3 rings (SSSR count). The summed E-state index contributed by atoms with van der Waals surface area (Å²) in [6.45, 7) is 1.79. The van der Waals surface area contributed by atoms with Crippen molar-refractivity contribution in [1.29, 1.82) is 0 Å². The number of aromatic nitrogens is 2. The molecule has 6 heteroatoms. The highest BCUT2D eigenvalue weighted by Gasteiger charge is 2.13. The summed E-state index contributed by atoms with van der Waals surface area (Å²) in [7, 11) is 0. The normalized spacial score (nSPS) is 11.0. The number of benzene rings is 2. The van der Waals surface area contributed by atoms with E-state index in [-0.39, 0.29) is 11.4 Å². The maximum atomic E-state index is 13.7. The van der Waals surface area contributed by atoms with Crippen molar-refractivity contribution in [3.63, 3.8) is 0 Å². The first-order valence-corrected chi connectivity index (χ1v) is 6.94. The highest BCUT2D eigenvalue weighted by Crippen LogP contribution is 2.25.